The summed E-state index contributed by atoms with van der Waals surface area (Å²) in [6.07, 6.45) is 3.22. The van der Waals surface area contributed by atoms with Gasteiger partial charge in [-0.05, 0) is 25.8 Å². The molecule has 1 amide bonds. The van der Waals surface area contributed by atoms with Crippen LogP contribution in [0.15, 0.2) is 47.1 Å². The maximum Gasteiger partial charge on any atom is 0.256 e. The summed E-state index contributed by atoms with van der Waals surface area (Å²) in [4.78, 5) is 23.3. The summed E-state index contributed by atoms with van der Waals surface area (Å²) >= 11 is 0. The number of hydrogen-bond donors (Lipinski definition) is 0. The number of methoxy groups -OCH3 is 1. The minimum Gasteiger partial charge on any atom is -0.481 e. The standard InChI is InChI=1S/C20H20N4O3/c1-13-5-7-14(8-6-13)18-22-19(27-23-18)16-4-3-11-24(16)20(25)15-9-10-17(26-2)21-12-15/h5-10,12,16H,3-4,11H2,1-2H3. The average molecular weight is 364 g/mol. The number of ether oxygens (including phenoxy) is 1. The lowest BCUT2D eigenvalue weighted by Gasteiger charge is -2.21. The van der Waals surface area contributed by atoms with Gasteiger partial charge < -0.3 is 14.2 Å². The van der Waals surface area contributed by atoms with Crippen LogP contribution in [0.25, 0.3) is 11.4 Å². The molecule has 1 unspecified atom stereocenters. The van der Waals surface area contributed by atoms with E-state index in [4.69, 9.17) is 9.26 Å². The van der Waals surface area contributed by atoms with E-state index in [0.29, 0.717) is 29.7 Å². The Morgan fingerprint density at radius 2 is 2.04 bits per heavy atom. The normalized spacial score (nSPS) is 16.5. The molecule has 0 saturated carbocycles. The maximum atomic E-state index is 12.9. The van der Waals surface area contributed by atoms with E-state index in [1.54, 1.807) is 24.1 Å². The molecular weight excluding hydrogens is 344 g/mol. The van der Waals surface area contributed by atoms with Crippen LogP contribution in [0.1, 0.15) is 40.7 Å². The molecule has 1 fully saturated rings. The van der Waals surface area contributed by atoms with Gasteiger partial charge in [-0.2, -0.15) is 4.98 Å². The van der Waals surface area contributed by atoms with E-state index in [0.717, 1.165) is 18.4 Å². The van der Waals surface area contributed by atoms with Crippen LogP contribution >= 0.6 is 0 Å². The molecule has 0 spiro atoms. The van der Waals surface area contributed by atoms with E-state index in [9.17, 15) is 4.79 Å². The van der Waals surface area contributed by atoms with Gasteiger partial charge in [0.25, 0.3) is 5.91 Å². The molecule has 1 aromatic carbocycles. The quantitative estimate of drug-likeness (QED) is 0.705. The van der Waals surface area contributed by atoms with Gasteiger partial charge in [0.1, 0.15) is 6.04 Å². The summed E-state index contributed by atoms with van der Waals surface area (Å²) in [5.41, 5.74) is 2.58. The lowest BCUT2D eigenvalue weighted by molar-refractivity contribution is 0.0709. The summed E-state index contributed by atoms with van der Waals surface area (Å²) in [5, 5.41) is 4.10. The molecule has 0 N–H and O–H groups in total. The van der Waals surface area contributed by atoms with E-state index in [-0.39, 0.29) is 11.9 Å². The lowest BCUT2D eigenvalue weighted by atomic mass is 10.1. The van der Waals surface area contributed by atoms with Crippen molar-refractivity contribution in [3.8, 4) is 17.3 Å². The van der Waals surface area contributed by atoms with Crippen molar-refractivity contribution >= 4 is 5.91 Å². The molecule has 4 rings (SSSR count). The zero-order chi connectivity index (χ0) is 18.8. The number of rotatable bonds is 4. The first-order chi connectivity index (χ1) is 13.2. The Bertz CT molecular complexity index is 935. The van der Waals surface area contributed by atoms with Crippen molar-refractivity contribution in [2.24, 2.45) is 0 Å². The molecule has 0 aliphatic carbocycles. The van der Waals surface area contributed by atoms with Crippen LogP contribution in [0.4, 0.5) is 0 Å². The van der Waals surface area contributed by atoms with Crippen molar-refractivity contribution in [2.75, 3.05) is 13.7 Å². The number of hydrogen-bond acceptors (Lipinski definition) is 6. The summed E-state index contributed by atoms with van der Waals surface area (Å²) in [6.45, 7) is 2.68. The second-order valence-corrected chi connectivity index (χ2v) is 6.57. The number of carbonyl (C=O) groups excluding carboxylic acids is 1. The molecule has 0 bridgehead atoms. The van der Waals surface area contributed by atoms with Crippen LogP contribution in [0, 0.1) is 6.92 Å². The molecule has 1 aliphatic heterocycles. The van der Waals surface area contributed by atoms with E-state index in [1.165, 1.54) is 11.8 Å². The van der Waals surface area contributed by atoms with Crippen LogP contribution in [-0.4, -0.2) is 39.6 Å². The average Bonchev–Trinajstić information content (AvgIpc) is 3.37. The van der Waals surface area contributed by atoms with Crippen LogP contribution in [0.2, 0.25) is 0 Å². The SMILES string of the molecule is COc1ccc(C(=O)N2CCCC2c2nc(-c3ccc(C)cc3)no2)cn1. The number of carbonyl (C=O) groups is 1. The number of pyridine rings is 1. The van der Waals surface area contributed by atoms with E-state index in [2.05, 4.69) is 15.1 Å². The Labute approximate surface area is 157 Å². The van der Waals surface area contributed by atoms with Gasteiger partial charge in [-0.3, -0.25) is 4.79 Å². The van der Waals surface area contributed by atoms with Crippen molar-refractivity contribution in [2.45, 2.75) is 25.8 Å². The highest BCUT2D eigenvalue weighted by molar-refractivity contribution is 5.94. The second-order valence-electron chi connectivity index (χ2n) is 6.57. The van der Waals surface area contributed by atoms with E-state index in [1.807, 2.05) is 31.2 Å². The zero-order valence-electron chi connectivity index (χ0n) is 15.3. The third-order valence-corrected chi connectivity index (χ3v) is 4.74. The predicted octanol–water partition coefficient (Wildman–Crippen LogP) is 3.43. The van der Waals surface area contributed by atoms with Crippen LogP contribution in [0.3, 0.4) is 0 Å². The predicted molar refractivity (Wildman–Crippen MR) is 98.3 cm³/mol. The number of likely N-dealkylation sites (tertiary alicyclic amines) is 1. The second kappa shape index (κ2) is 7.19. The maximum absolute atomic E-state index is 12.9. The van der Waals surface area contributed by atoms with Crippen molar-refractivity contribution in [3.05, 3.63) is 59.6 Å². The third-order valence-electron chi connectivity index (χ3n) is 4.74. The fourth-order valence-corrected chi connectivity index (χ4v) is 3.25. The first-order valence-corrected chi connectivity index (χ1v) is 8.87. The number of amides is 1. The fraction of sp³-hybridized carbons (Fsp3) is 0.300. The number of benzene rings is 1. The number of aryl methyl sites for hydroxylation is 1. The first kappa shape index (κ1) is 17.2. The minimum absolute atomic E-state index is 0.0947. The molecule has 1 atom stereocenters. The molecule has 1 aliphatic rings. The molecular formula is C20H20N4O3. The highest BCUT2D eigenvalue weighted by Gasteiger charge is 2.34. The van der Waals surface area contributed by atoms with Gasteiger partial charge in [-0.25, -0.2) is 4.98 Å². The highest BCUT2D eigenvalue weighted by atomic mass is 16.5. The Morgan fingerprint density at radius 1 is 1.22 bits per heavy atom. The molecule has 2 aromatic heterocycles. The third kappa shape index (κ3) is 3.40. The van der Waals surface area contributed by atoms with Crippen molar-refractivity contribution < 1.29 is 14.1 Å². The summed E-state index contributed by atoms with van der Waals surface area (Å²) < 4.78 is 10.5. The van der Waals surface area contributed by atoms with Gasteiger partial charge in [0.2, 0.25) is 17.6 Å². The van der Waals surface area contributed by atoms with Crippen LogP contribution in [0.5, 0.6) is 5.88 Å². The van der Waals surface area contributed by atoms with Gasteiger partial charge in [0.15, 0.2) is 0 Å². The van der Waals surface area contributed by atoms with Gasteiger partial charge in [0, 0.05) is 24.4 Å². The Hall–Kier alpha value is -3.22. The Balaban J connectivity index is 1.56. The summed E-state index contributed by atoms with van der Waals surface area (Å²) in [6, 6.07) is 11.1. The molecule has 7 nitrogen and oxygen atoms in total. The topological polar surface area (TPSA) is 81.4 Å². The monoisotopic (exact) mass is 364 g/mol. The molecule has 7 heteroatoms. The number of nitrogens with zero attached hydrogens (tertiary/aromatic N) is 4. The van der Waals surface area contributed by atoms with Crippen molar-refractivity contribution in [3.63, 3.8) is 0 Å². The smallest absolute Gasteiger partial charge is 0.256 e. The molecule has 3 heterocycles. The first-order valence-electron chi connectivity index (χ1n) is 8.87. The molecule has 138 valence electrons. The van der Waals surface area contributed by atoms with E-state index < -0.39 is 0 Å². The van der Waals surface area contributed by atoms with Gasteiger partial charge in [-0.1, -0.05) is 35.0 Å². The van der Waals surface area contributed by atoms with Gasteiger partial charge >= 0.3 is 0 Å². The zero-order valence-corrected chi connectivity index (χ0v) is 15.3. The number of aromatic nitrogens is 3. The molecule has 1 saturated heterocycles. The van der Waals surface area contributed by atoms with Gasteiger partial charge in [0.05, 0.1) is 12.7 Å². The summed E-state index contributed by atoms with van der Waals surface area (Å²) in [7, 11) is 1.54. The van der Waals surface area contributed by atoms with Gasteiger partial charge in [-0.15, -0.1) is 0 Å². The molecule has 3 aromatic rings. The molecule has 27 heavy (non-hydrogen) atoms. The molecule has 0 radical (unpaired) electrons. The van der Waals surface area contributed by atoms with Crippen molar-refractivity contribution in [1.82, 2.24) is 20.0 Å². The Kier molecular flexibility index (Phi) is 4.58. The summed E-state index contributed by atoms with van der Waals surface area (Å²) in [5.74, 6) is 1.39. The van der Waals surface area contributed by atoms with Crippen molar-refractivity contribution in [1.29, 1.82) is 0 Å². The van der Waals surface area contributed by atoms with Crippen LogP contribution < -0.4 is 4.74 Å². The fourth-order valence-electron chi connectivity index (χ4n) is 3.25. The highest BCUT2D eigenvalue weighted by Crippen LogP contribution is 2.33. The van der Waals surface area contributed by atoms with Crippen LogP contribution in [-0.2, 0) is 0 Å². The largest absolute Gasteiger partial charge is 0.481 e. The van der Waals surface area contributed by atoms with E-state index >= 15 is 0 Å². The lowest BCUT2D eigenvalue weighted by Crippen LogP contribution is -2.30. The Morgan fingerprint density at radius 3 is 2.74 bits per heavy atom. The minimum atomic E-state index is -0.216.